The molecular weight excluding hydrogens is 418 g/mol. The largest absolute Gasteiger partial charge is 0.303 e. The number of Topliss-reactive ketones (excluding diaryl/α,β-unsaturated/α-hetero) is 2. The monoisotopic (exact) mass is 437 g/mol. The molecule has 2 fully saturated rings. The third-order valence-corrected chi connectivity index (χ3v) is 6.92. The Bertz CT molecular complexity index is 1270. The van der Waals surface area contributed by atoms with Crippen molar-refractivity contribution in [2.24, 2.45) is 17.8 Å². The van der Waals surface area contributed by atoms with Crippen molar-refractivity contribution in [2.45, 2.75) is 12.1 Å². The third kappa shape index (κ3) is 2.75. The van der Waals surface area contributed by atoms with Crippen LogP contribution in [-0.4, -0.2) is 34.4 Å². The molecule has 0 bridgehead atoms. The van der Waals surface area contributed by atoms with Crippen LogP contribution in [0.3, 0.4) is 0 Å². The molecule has 2 aliphatic heterocycles. The zero-order valence-electron chi connectivity index (χ0n) is 17.4. The quantitative estimate of drug-likeness (QED) is 0.500. The summed E-state index contributed by atoms with van der Waals surface area (Å²) in [6, 6.07) is 19.4. The molecule has 3 heterocycles. The van der Waals surface area contributed by atoms with Gasteiger partial charge in [0.05, 0.1) is 29.3 Å². The van der Waals surface area contributed by atoms with Gasteiger partial charge in [0.2, 0.25) is 11.8 Å². The number of nitrogens with one attached hydrogen (secondary N) is 1. The number of hydrogen-bond acceptors (Lipinski definition) is 6. The SMILES string of the molecule is O=C1c2ccccc2C(=O)C1C1NC(c2ccccn2)C2C(=O)N(c3ccccc3)C(=O)C12. The lowest BCUT2D eigenvalue weighted by Gasteiger charge is -2.24. The van der Waals surface area contributed by atoms with Crippen molar-refractivity contribution < 1.29 is 19.2 Å². The fourth-order valence-corrected chi connectivity index (χ4v) is 5.51. The van der Waals surface area contributed by atoms with Gasteiger partial charge < -0.3 is 5.32 Å². The van der Waals surface area contributed by atoms with Crippen LogP contribution in [0.5, 0.6) is 0 Å². The normalized spacial score (nSPS) is 26.7. The van der Waals surface area contributed by atoms with Gasteiger partial charge in [0, 0.05) is 23.4 Å². The van der Waals surface area contributed by atoms with Crippen molar-refractivity contribution in [3.8, 4) is 0 Å². The second-order valence-corrected chi connectivity index (χ2v) is 8.58. The van der Waals surface area contributed by atoms with Crippen LogP contribution in [0.2, 0.25) is 0 Å². The topological polar surface area (TPSA) is 96.4 Å². The first kappa shape index (κ1) is 19.7. The maximum absolute atomic E-state index is 13.7. The van der Waals surface area contributed by atoms with Crippen molar-refractivity contribution >= 4 is 29.1 Å². The molecular formula is C26H19N3O4. The number of amides is 2. The van der Waals surface area contributed by atoms with Gasteiger partial charge in [0.25, 0.3) is 0 Å². The Morgan fingerprint density at radius 1 is 0.697 bits per heavy atom. The molecule has 4 atom stereocenters. The zero-order chi connectivity index (χ0) is 22.7. The molecule has 3 aliphatic rings. The van der Waals surface area contributed by atoms with E-state index in [-0.39, 0.29) is 17.5 Å². The van der Waals surface area contributed by atoms with E-state index in [2.05, 4.69) is 10.3 Å². The lowest BCUT2D eigenvalue weighted by molar-refractivity contribution is -0.123. The van der Waals surface area contributed by atoms with Gasteiger partial charge >= 0.3 is 0 Å². The van der Waals surface area contributed by atoms with E-state index in [1.54, 1.807) is 66.9 Å². The number of para-hydroxylation sites is 1. The highest BCUT2D eigenvalue weighted by atomic mass is 16.2. The summed E-state index contributed by atoms with van der Waals surface area (Å²) in [5, 5.41) is 3.31. The molecule has 162 valence electrons. The first-order valence-electron chi connectivity index (χ1n) is 10.8. The van der Waals surface area contributed by atoms with Gasteiger partial charge in [-0.15, -0.1) is 0 Å². The Labute approximate surface area is 189 Å². The minimum Gasteiger partial charge on any atom is -0.303 e. The van der Waals surface area contributed by atoms with Gasteiger partial charge in [-0.05, 0) is 24.3 Å². The summed E-state index contributed by atoms with van der Waals surface area (Å²) in [5.41, 5.74) is 1.81. The Balaban J connectivity index is 1.46. The van der Waals surface area contributed by atoms with Crippen molar-refractivity contribution in [1.82, 2.24) is 10.3 Å². The van der Waals surface area contributed by atoms with Gasteiger partial charge in [0.1, 0.15) is 5.92 Å². The van der Waals surface area contributed by atoms with E-state index in [0.717, 1.165) is 0 Å². The summed E-state index contributed by atoms with van der Waals surface area (Å²) in [6.45, 7) is 0. The molecule has 0 saturated carbocycles. The molecule has 0 radical (unpaired) electrons. The molecule has 3 aromatic rings. The van der Waals surface area contributed by atoms with E-state index < -0.39 is 35.7 Å². The fraction of sp³-hybridized carbons (Fsp3) is 0.192. The average Bonchev–Trinajstić information content (AvgIpc) is 3.44. The van der Waals surface area contributed by atoms with Crippen LogP contribution in [0.4, 0.5) is 5.69 Å². The minimum atomic E-state index is -1.06. The van der Waals surface area contributed by atoms with E-state index in [1.165, 1.54) is 4.90 Å². The number of carbonyl (C=O) groups excluding carboxylic acids is 4. The van der Waals surface area contributed by atoms with E-state index in [1.807, 2.05) is 12.1 Å². The second-order valence-electron chi connectivity index (χ2n) is 8.58. The minimum absolute atomic E-state index is 0.313. The van der Waals surface area contributed by atoms with Crippen molar-refractivity contribution in [2.75, 3.05) is 4.90 Å². The molecule has 2 saturated heterocycles. The van der Waals surface area contributed by atoms with Crippen LogP contribution in [0.25, 0.3) is 0 Å². The van der Waals surface area contributed by atoms with Crippen LogP contribution in [0.15, 0.2) is 79.0 Å². The maximum Gasteiger partial charge on any atom is 0.239 e. The number of pyridine rings is 1. The molecule has 6 rings (SSSR count). The summed E-state index contributed by atoms with van der Waals surface area (Å²) in [5.74, 6) is -4.05. The van der Waals surface area contributed by atoms with Gasteiger partial charge in [-0.1, -0.05) is 48.5 Å². The second kappa shape index (κ2) is 7.28. The molecule has 1 aromatic heterocycles. The Morgan fingerprint density at radius 2 is 1.30 bits per heavy atom. The molecule has 4 unspecified atom stereocenters. The number of anilines is 1. The van der Waals surface area contributed by atoms with Crippen molar-refractivity contribution in [1.29, 1.82) is 0 Å². The number of imide groups is 1. The first-order valence-corrected chi connectivity index (χ1v) is 10.8. The van der Waals surface area contributed by atoms with E-state index in [0.29, 0.717) is 22.5 Å². The molecule has 7 nitrogen and oxygen atoms in total. The highest BCUT2D eigenvalue weighted by molar-refractivity contribution is 6.28. The smallest absolute Gasteiger partial charge is 0.239 e. The van der Waals surface area contributed by atoms with Crippen molar-refractivity contribution in [3.05, 3.63) is 95.8 Å². The highest BCUT2D eigenvalue weighted by Crippen LogP contribution is 2.48. The number of hydrogen-bond donors (Lipinski definition) is 1. The summed E-state index contributed by atoms with van der Waals surface area (Å²) in [6.07, 6.45) is 1.62. The highest BCUT2D eigenvalue weighted by Gasteiger charge is 2.63. The van der Waals surface area contributed by atoms with Crippen molar-refractivity contribution in [3.63, 3.8) is 0 Å². The lowest BCUT2D eigenvalue weighted by atomic mass is 9.81. The fourth-order valence-electron chi connectivity index (χ4n) is 5.51. The number of rotatable bonds is 3. The molecule has 33 heavy (non-hydrogen) atoms. The van der Waals surface area contributed by atoms with E-state index in [4.69, 9.17) is 0 Å². The summed E-state index contributed by atoms with van der Waals surface area (Å²) in [7, 11) is 0. The van der Waals surface area contributed by atoms with Gasteiger partial charge in [-0.25, -0.2) is 4.90 Å². The average molecular weight is 437 g/mol. The van der Waals surface area contributed by atoms with Crippen LogP contribution < -0.4 is 10.2 Å². The summed E-state index contributed by atoms with van der Waals surface area (Å²) < 4.78 is 0. The summed E-state index contributed by atoms with van der Waals surface area (Å²) >= 11 is 0. The first-order chi connectivity index (χ1) is 16.1. The van der Waals surface area contributed by atoms with Crippen LogP contribution in [-0.2, 0) is 9.59 Å². The molecule has 0 spiro atoms. The molecule has 2 aromatic carbocycles. The number of nitrogens with zero attached hydrogens (tertiary/aromatic N) is 2. The number of fused-ring (bicyclic) bond motifs is 2. The maximum atomic E-state index is 13.7. The molecule has 1 aliphatic carbocycles. The Kier molecular flexibility index (Phi) is 4.35. The summed E-state index contributed by atoms with van der Waals surface area (Å²) in [4.78, 5) is 59.4. The van der Waals surface area contributed by atoms with E-state index >= 15 is 0 Å². The number of aromatic nitrogens is 1. The molecule has 1 N–H and O–H groups in total. The van der Waals surface area contributed by atoms with Crippen LogP contribution >= 0.6 is 0 Å². The Hall–Kier alpha value is -3.97. The standard InChI is InChI=1S/C26H19N3O4/c30-23-15-10-4-5-11-16(15)24(31)20(23)22-19-18(21(28-22)17-12-6-7-13-27-17)25(32)29(26(19)33)14-8-2-1-3-9-14/h1-13,18-22,28H. The van der Waals surface area contributed by atoms with Crippen LogP contribution in [0.1, 0.15) is 32.5 Å². The van der Waals surface area contributed by atoms with Crippen LogP contribution in [0, 0.1) is 17.8 Å². The molecule has 2 amide bonds. The zero-order valence-corrected chi connectivity index (χ0v) is 17.4. The van der Waals surface area contributed by atoms with Gasteiger partial charge in [0.15, 0.2) is 11.6 Å². The Morgan fingerprint density at radius 3 is 1.94 bits per heavy atom. The predicted octanol–water partition coefficient (Wildman–Crippen LogP) is 2.60. The van der Waals surface area contributed by atoms with Gasteiger partial charge in [-0.2, -0.15) is 0 Å². The number of ketones is 2. The van der Waals surface area contributed by atoms with E-state index in [9.17, 15) is 19.2 Å². The number of carbonyl (C=O) groups is 4. The predicted molar refractivity (Wildman–Crippen MR) is 118 cm³/mol. The van der Waals surface area contributed by atoms with Gasteiger partial charge in [-0.3, -0.25) is 24.2 Å². The number of benzene rings is 2. The lowest BCUT2D eigenvalue weighted by Crippen LogP contribution is -2.46. The molecule has 7 heteroatoms. The third-order valence-electron chi connectivity index (χ3n) is 6.92.